The lowest BCUT2D eigenvalue weighted by atomic mass is 10.2. The minimum absolute atomic E-state index is 0.0535. The van der Waals surface area contributed by atoms with Gasteiger partial charge in [0.25, 0.3) is 12.2 Å². The fourth-order valence-corrected chi connectivity index (χ4v) is 2.66. The number of benzene rings is 2. The molecule has 132 valence electrons. The third-order valence-corrected chi connectivity index (χ3v) is 4.11. The number of hydrogen-bond acceptors (Lipinski definition) is 3. The standard InChI is InChI=1S/C18H14ClN3O4/c1-11-16(17(23)20-14-6-2-12(3-7-14)18(24)25)22(26)10-21(11)15-8-4-13(19)5-9-15/h2-10H,1H3,(H,20,23)(H,24,25). The number of anilines is 1. The molecule has 3 aromatic rings. The Morgan fingerprint density at radius 2 is 1.73 bits per heavy atom. The Kier molecular flexibility index (Phi) is 4.64. The van der Waals surface area contributed by atoms with Gasteiger partial charge in [0, 0.05) is 17.6 Å². The topological polar surface area (TPSA) is 98.3 Å². The summed E-state index contributed by atoms with van der Waals surface area (Å²) in [5, 5.41) is 24.3. The van der Waals surface area contributed by atoms with E-state index in [0.29, 0.717) is 26.8 Å². The van der Waals surface area contributed by atoms with Crippen molar-refractivity contribution in [1.82, 2.24) is 4.57 Å². The average Bonchev–Trinajstić information content (AvgIpc) is 2.90. The van der Waals surface area contributed by atoms with Crippen LogP contribution in [-0.4, -0.2) is 21.6 Å². The largest absolute Gasteiger partial charge is 0.710 e. The summed E-state index contributed by atoms with van der Waals surface area (Å²) in [5.41, 5.74) is 1.59. The van der Waals surface area contributed by atoms with Crippen LogP contribution < -0.4 is 10.0 Å². The minimum atomic E-state index is -1.06. The summed E-state index contributed by atoms with van der Waals surface area (Å²) in [4.78, 5) is 23.4. The number of amides is 1. The van der Waals surface area contributed by atoms with Crippen LogP contribution in [0.15, 0.2) is 54.9 Å². The molecular weight excluding hydrogens is 358 g/mol. The number of halogens is 1. The third-order valence-electron chi connectivity index (χ3n) is 3.85. The zero-order chi connectivity index (χ0) is 18.8. The first-order valence-electron chi connectivity index (χ1n) is 7.58. The highest BCUT2D eigenvalue weighted by molar-refractivity contribution is 6.30. The molecule has 0 unspecified atom stereocenters. The highest BCUT2D eigenvalue weighted by atomic mass is 35.5. The molecule has 0 saturated heterocycles. The van der Waals surface area contributed by atoms with E-state index in [1.165, 1.54) is 30.6 Å². The number of carboxylic acids is 1. The van der Waals surface area contributed by atoms with Crippen molar-refractivity contribution in [3.05, 3.63) is 82.0 Å². The van der Waals surface area contributed by atoms with Gasteiger partial charge in [-0.15, -0.1) is 0 Å². The summed E-state index contributed by atoms with van der Waals surface area (Å²) in [5.74, 6) is -1.65. The van der Waals surface area contributed by atoms with E-state index in [1.807, 2.05) is 0 Å². The molecule has 0 fully saturated rings. The molecule has 0 radical (unpaired) electrons. The number of aromatic nitrogens is 2. The van der Waals surface area contributed by atoms with Crippen LogP contribution in [0.4, 0.5) is 5.69 Å². The van der Waals surface area contributed by atoms with Crippen molar-refractivity contribution in [2.45, 2.75) is 6.92 Å². The number of nitrogens with one attached hydrogen (secondary N) is 1. The van der Waals surface area contributed by atoms with Crippen LogP contribution in [0.5, 0.6) is 0 Å². The van der Waals surface area contributed by atoms with Gasteiger partial charge in [-0.25, -0.2) is 9.52 Å². The van der Waals surface area contributed by atoms with Crippen molar-refractivity contribution < 1.29 is 19.4 Å². The normalized spacial score (nSPS) is 10.5. The molecule has 0 aliphatic rings. The molecule has 8 heteroatoms. The molecule has 26 heavy (non-hydrogen) atoms. The average molecular weight is 372 g/mol. The highest BCUT2D eigenvalue weighted by Crippen LogP contribution is 2.17. The molecule has 0 bridgehead atoms. The van der Waals surface area contributed by atoms with Gasteiger partial charge in [0.1, 0.15) is 5.69 Å². The second-order valence-corrected chi connectivity index (χ2v) is 5.99. The fourth-order valence-electron chi connectivity index (χ4n) is 2.54. The van der Waals surface area contributed by atoms with E-state index in [0.717, 1.165) is 0 Å². The van der Waals surface area contributed by atoms with E-state index in [4.69, 9.17) is 16.7 Å². The fraction of sp³-hybridized carbons (Fsp3) is 0.0556. The van der Waals surface area contributed by atoms with E-state index >= 15 is 0 Å². The maximum absolute atomic E-state index is 12.5. The third kappa shape index (κ3) is 3.38. The molecule has 0 saturated carbocycles. The molecule has 1 heterocycles. The van der Waals surface area contributed by atoms with E-state index in [1.54, 1.807) is 35.8 Å². The Labute approximate surface area is 153 Å². The summed E-state index contributed by atoms with van der Waals surface area (Å²) in [7, 11) is 0. The molecule has 0 spiro atoms. The lowest BCUT2D eigenvalue weighted by Crippen LogP contribution is -2.34. The minimum Gasteiger partial charge on any atom is -0.710 e. The highest BCUT2D eigenvalue weighted by Gasteiger charge is 2.24. The number of hydrogen-bond donors (Lipinski definition) is 2. The summed E-state index contributed by atoms with van der Waals surface area (Å²) in [6.07, 6.45) is 1.26. The van der Waals surface area contributed by atoms with Crippen molar-refractivity contribution >= 4 is 29.2 Å². The number of carbonyl (C=O) groups excluding carboxylic acids is 1. The Morgan fingerprint density at radius 1 is 1.12 bits per heavy atom. The Hall–Kier alpha value is -3.32. The molecule has 7 nitrogen and oxygen atoms in total. The molecule has 0 aliphatic carbocycles. The maximum atomic E-state index is 12.5. The second kappa shape index (κ2) is 6.89. The Bertz CT molecular complexity index is 979. The molecule has 1 aromatic heterocycles. The number of carboxylic acid groups (broad SMARTS) is 1. The summed E-state index contributed by atoms with van der Waals surface area (Å²) in [6, 6.07) is 12.5. The monoisotopic (exact) mass is 371 g/mol. The molecule has 1 amide bonds. The van der Waals surface area contributed by atoms with Crippen molar-refractivity contribution in [1.29, 1.82) is 0 Å². The van der Waals surface area contributed by atoms with Crippen LogP contribution in [0.1, 0.15) is 26.5 Å². The SMILES string of the molecule is Cc1c(C(=O)Nc2ccc(C(=O)O)cc2)[n+]([O-])cn1-c1ccc(Cl)cc1. The predicted molar refractivity (Wildman–Crippen MR) is 95.8 cm³/mol. The predicted octanol–water partition coefficient (Wildman–Crippen LogP) is 3.02. The van der Waals surface area contributed by atoms with Crippen LogP contribution in [0, 0.1) is 12.1 Å². The van der Waals surface area contributed by atoms with Crippen LogP contribution >= 0.6 is 11.6 Å². The Balaban J connectivity index is 1.88. The van der Waals surface area contributed by atoms with Gasteiger partial charge in [0.15, 0.2) is 5.69 Å². The number of carbonyl (C=O) groups is 2. The lowest BCUT2D eigenvalue weighted by Gasteiger charge is -2.06. The zero-order valence-corrected chi connectivity index (χ0v) is 14.4. The van der Waals surface area contributed by atoms with Crippen molar-refractivity contribution in [3.63, 3.8) is 0 Å². The number of aromatic carboxylic acids is 1. The number of rotatable bonds is 4. The van der Waals surface area contributed by atoms with Gasteiger partial charge >= 0.3 is 5.97 Å². The number of imidazole rings is 1. The van der Waals surface area contributed by atoms with E-state index < -0.39 is 11.9 Å². The Morgan fingerprint density at radius 3 is 2.31 bits per heavy atom. The van der Waals surface area contributed by atoms with Crippen LogP contribution in [0.2, 0.25) is 5.02 Å². The van der Waals surface area contributed by atoms with Gasteiger partial charge in [-0.2, -0.15) is 4.57 Å². The molecule has 2 N–H and O–H groups in total. The zero-order valence-electron chi connectivity index (χ0n) is 13.6. The van der Waals surface area contributed by atoms with Gasteiger partial charge in [0.2, 0.25) is 5.69 Å². The van der Waals surface area contributed by atoms with Gasteiger partial charge in [0.05, 0.1) is 5.56 Å². The van der Waals surface area contributed by atoms with E-state index in [-0.39, 0.29) is 11.3 Å². The van der Waals surface area contributed by atoms with Gasteiger partial charge in [-0.05, 0) is 48.5 Å². The van der Waals surface area contributed by atoms with E-state index in [2.05, 4.69) is 5.32 Å². The summed E-state index contributed by atoms with van der Waals surface area (Å²) in [6.45, 7) is 1.66. The van der Waals surface area contributed by atoms with E-state index in [9.17, 15) is 14.8 Å². The van der Waals surface area contributed by atoms with Gasteiger partial charge < -0.3 is 15.6 Å². The first-order valence-corrected chi connectivity index (χ1v) is 7.96. The molecule has 2 aromatic carbocycles. The second-order valence-electron chi connectivity index (χ2n) is 5.56. The number of nitrogens with zero attached hydrogens (tertiary/aromatic N) is 2. The van der Waals surface area contributed by atoms with Crippen LogP contribution in [-0.2, 0) is 0 Å². The molecular formula is C18H14ClN3O4. The summed E-state index contributed by atoms with van der Waals surface area (Å²) < 4.78 is 2.08. The van der Waals surface area contributed by atoms with Gasteiger partial charge in [-0.3, -0.25) is 4.79 Å². The molecule has 3 rings (SSSR count). The summed E-state index contributed by atoms with van der Waals surface area (Å²) >= 11 is 5.87. The van der Waals surface area contributed by atoms with Gasteiger partial charge in [-0.1, -0.05) is 11.6 Å². The molecule has 0 atom stereocenters. The quantitative estimate of drug-likeness (QED) is 0.544. The smallest absolute Gasteiger partial charge is 0.335 e. The first-order chi connectivity index (χ1) is 12.4. The molecule has 0 aliphatic heterocycles. The van der Waals surface area contributed by atoms with Crippen LogP contribution in [0.25, 0.3) is 5.69 Å². The first kappa shape index (κ1) is 17.5. The van der Waals surface area contributed by atoms with Crippen molar-refractivity contribution in [3.8, 4) is 5.69 Å². The van der Waals surface area contributed by atoms with Crippen LogP contribution in [0.3, 0.4) is 0 Å². The van der Waals surface area contributed by atoms with Crippen molar-refractivity contribution in [2.75, 3.05) is 5.32 Å². The van der Waals surface area contributed by atoms with Crippen molar-refractivity contribution in [2.24, 2.45) is 0 Å². The maximum Gasteiger partial charge on any atom is 0.335 e. The lowest BCUT2D eigenvalue weighted by molar-refractivity contribution is -0.606.